The number of hydrogen-bond donors (Lipinski definition) is 2. The van der Waals surface area contributed by atoms with Crippen LogP contribution in [0.2, 0.25) is 0 Å². The normalized spacial score (nSPS) is 15.5. The number of pyridine rings is 1. The quantitative estimate of drug-likeness (QED) is 0.693. The van der Waals surface area contributed by atoms with Crippen LogP contribution >= 0.6 is 0 Å². The third-order valence-corrected chi connectivity index (χ3v) is 5.28. The molecule has 1 saturated heterocycles. The number of nitrogens with one attached hydrogen (secondary N) is 2. The maximum Gasteiger partial charge on any atom is 0.328 e. The van der Waals surface area contributed by atoms with E-state index in [0.717, 1.165) is 16.7 Å². The summed E-state index contributed by atoms with van der Waals surface area (Å²) >= 11 is 0. The number of nitrogens with zero attached hydrogens (tertiary/aromatic N) is 3. The van der Waals surface area contributed by atoms with E-state index in [2.05, 4.69) is 15.4 Å². The van der Waals surface area contributed by atoms with Gasteiger partial charge < -0.3 is 9.72 Å². The van der Waals surface area contributed by atoms with Crippen LogP contribution in [0.25, 0.3) is 22.3 Å². The zero-order valence-corrected chi connectivity index (χ0v) is 17.8. The lowest BCUT2D eigenvalue weighted by Crippen LogP contribution is -2.48. The number of aromatic amines is 1. The molecule has 8 heteroatoms. The topological polar surface area (TPSA) is 92.2 Å². The monoisotopic (exact) mass is 409 g/mol. The maximum absolute atomic E-state index is 12.7. The minimum absolute atomic E-state index is 0.153. The highest BCUT2D eigenvalue weighted by Crippen LogP contribution is 2.27. The Kier molecular flexibility index (Phi) is 5.21. The van der Waals surface area contributed by atoms with Gasteiger partial charge in [0.05, 0.1) is 18.7 Å². The van der Waals surface area contributed by atoms with Crippen molar-refractivity contribution >= 4 is 17.1 Å². The van der Waals surface area contributed by atoms with E-state index in [0.29, 0.717) is 43.0 Å². The van der Waals surface area contributed by atoms with E-state index < -0.39 is 0 Å². The van der Waals surface area contributed by atoms with Crippen LogP contribution in [0.5, 0.6) is 0 Å². The third kappa shape index (κ3) is 3.88. The maximum atomic E-state index is 12.7. The molecule has 30 heavy (non-hydrogen) atoms. The number of rotatable bonds is 3. The average molecular weight is 409 g/mol. The van der Waals surface area contributed by atoms with Crippen molar-refractivity contribution in [1.29, 1.82) is 0 Å². The van der Waals surface area contributed by atoms with E-state index in [9.17, 15) is 9.59 Å². The number of hydrazine groups is 1. The number of ether oxygens (including phenoxy) is 1. The van der Waals surface area contributed by atoms with Crippen molar-refractivity contribution in [3.63, 3.8) is 0 Å². The van der Waals surface area contributed by atoms with E-state index in [-0.39, 0.29) is 17.1 Å². The SMILES string of the molecule is Cc1ccc(C(=O)NN2CCOCC2)cc1-c1cnc2c(c1)[nH]c(=O)n2C(C)(C)C. The fraction of sp³-hybridized carbons (Fsp3) is 0.409. The van der Waals surface area contributed by atoms with Gasteiger partial charge in [0.1, 0.15) is 0 Å². The number of amides is 1. The van der Waals surface area contributed by atoms with Gasteiger partial charge in [-0.2, -0.15) is 0 Å². The van der Waals surface area contributed by atoms with Crippen LogP contribution in [-0.4, -0.2) is 51.8 Å². The molecule has 0 unspecified atom stereocenters. The Morgan fingerprint density at radius 1 is 1.20 bits per heavy atom. The molecular formula is C22H27N5O3. The molecule has 0 saturated carbocycles. The zero-order valence-electron chi connectivity index (χ0n) is 17.8. The molecule has 3 aromatic rings. The lowest BCUT2D eigenvalue weighted by atomic mass is 9.99. The van der Waals surface area contributed by atoms with E-state index in [1.807, 2.05) is 57.0 Å². The van der Waals surface area contributed by atoms with Crippen molar-refractivity contribution in [3.05, 3.63) is 52.1 Å². The molecule has 1 amide bonds. The summed E-state index contributed by atoms with van der Waals surface area (Å²) in [6.07, 6.45) is 1.75. The molecule has 4 rings (SSSR count). The largest absolute Gasteiger partial charge is 0.379 e. The molecule has 0 radical (unpaired) electrons. The molecular weight excluding hydrogens is 382 g/mol. The van der Waals surface area contributed by atoms with Crippen molar-refractivity contribution in [2.75, 3.05) is 26.3 Å². The van der Waals surface area contributed by atoms with Crippen LogP contribution in [0.3, 0.4) is 0 Å². The second-order valence-electron chi connectivity index (χ2n) is 8.60. The molecule has 8 nitrogen and oxygen atoms in total. The van der Waals surface area contributed by atoms with E-state index >= 15 is 0 Å². The number of aryl methyl sites for hydroxylation is 1. The first kappa shape index (κ1) is 20.3. The van der Waals surface area contributed by atoms with Crippen LogP contribution in [0, 0.1) is 6.92 Å². The number of benzene rings is 1. The van der Waals surface area contributed by atoms with E-state index in [1.165, 1.54) is 0 Å². The average Bonchev–Trinajstić information content (AvgIpc) is 3.04. The zero-order chi connectivity index (χ0) is 21.5. The summed E-state index contributed by atoms with van der Waals surface area (Å²) < 4.78 is 6.98. The predicted octanol–water partition coefficient (Wildman–Crippen LogP) is 2.43. The highest BCUT2D eigenvalue weighted by molar-refractivity contribution is 5.95. The number of imidazole rings is 1. The molecule has 1 fully saturated rings. The summed E-state index contributed by atoms with van der Waals surface area (Å²) in [5.74, 6) is -0.153. The molecule has 0 bridgehead atoms. The van der Waals surface area contributed by atoms with Crippen molar-refractivity contribution < 1.29 is 9.53 Å². The molecule has 1 aromatic carbocycles. The molecule has 1 aliphatic rings. The Labute approximate surface area is 174 Å². The van der Waals surface area contributed by atoms with Gasteiger partial charge in [0.15, 0.2) is 5.65 Å². The minimum atomic E-state index is -0.378. The number of H-pyrrole nitrogens is 1. The number of hydrogen-bond acceptors (Lipinski definition) is 5. The van der Waals surface area contributed by atoms with Gasteiger partial charge in [0.25, 0.3) is 5.91 Å². The van der Waals surface area contributed by atoms with Crippen LogP contribution < -0.4 is 11.1 Å². The first-order valence-electron chi connectivity index (χ1n) is 10.1. The van der Waals surface area contributed by atoms with Gasteiger partial charge in [-0.25, -0.2) is 14.8 Å². The van der Waals surface area contributed by atoms with Gasteiger partial charge in [-0.05, 0) is 57.0 Å². The number of fused-ring (bicyclic) bond motifs is 1. The molecule has 0 aliphatic carbocycles. The van der Waals surface area contributed by atoms with Gasteiger partial charge in [-0.3, -0.25) is 14.8 Å². The fourth-order valence-electron chi connectivity index (χ4n) is 3.72. The lowest BCUT2D eigenvalue weighted by Gasteiger charge is -2.27. The molecule has 2 aromatic heterocycles. The summed E-state index contributed by atoms with van der Waals surface area (Å²) in [7, 11) is 0. The molecule has 0 atom stereocenters. The number of carbonyl (C=O) groups excluding carboxylic acids is 1. The second-order valence-corrected chi connectivity index (χ2v) is 8.60. The lowest BCUT2D eigenvalue weighted by molar-refractivity contribution is 0.0126. The minimum Gasteiger partial charge on any atom is -0.379 e. The Morgan fingerprint density at radius 3 is 2.63 bits per heavy atom. The third-order valence-electron chi connectivity index (χ3n) is 5.28. The first-order valence-corrected chi connectivity index (χ1v) is 10.1. The second kappa shape index (κ2) is 7.70. The smallest absolute Gasteiger partial charge is 0.328 e. The summed E-state index contributed by atoms with van der Waals surface area (Å²) in [5.41, 5.74) is 7.03. The van der Waals surface area contributed by atoms with Gasteiger partial charge in [-0.15, -0.1) is 0 Å². The van der Waals surface area contributed by atoms with Crippen molar-refractivity contribution in [1.82, 2.24) is 25.0 Å². The highest BCUT2D eigenvalue weighted by Gasteiger charge is 2.21. The summed E-state index contributed by atoms with van der Waals surface area (Å²) in [5, 5.41) is 1.87. The predicted molar refractivity (Wildman–Crippen MR) is 115 cm³/mol. The van der Waals surface area contributed by atoms with Crippen LogP contribution in [0.15, 0.2) is 35.3 Å². The van der Waals surface area contributed by atoms with Crippen molar-refractivity contribution in [3.8, 4) is 11.1 Å². The molecule has 2 N–H and O–H groups in total. The van der Waals surface area contributed by atoms with E-state index in [1.54, 1.807) is 10.8 Å². The summed E-state index contributed by atoms with van der Waals surface area (Å²) in [4.78, 5) is 32.6. The molecule has 158 valence electrons. The standard InChI is InChI=1S/C22H27N5O3/c1-14-5-6-15(20(28)25-26-7-9-30-10-8-26)11-17(14)16-12-18-19(23-13-16)27(21(29)24-18)22(2,3)4/h5-6,11-13H,7-10H2,1-4H3,(H,24,29)(H,25,28). The van der Waals surface area contributed by atoms with Crippen LogP contribution in [0.4, 0.5) is 0 Å². The Morgan fingerprint density at radius 2 is 1.93 bits per heavy atom. The van der Waals surface area contributed by atoms with Crippen molar-refractivity contribution in [2.24, 2.45) is 0 Å². The molecule has 3 heterocycles. The summed E-state index contributed by atoms with van der Waals surface area (Å²) in [6, 6.07) is 7.53. The Bertz CT molecular complexity index is 1150. The van der Waals surface area contributed by atoms with Crippen LogP contribution in [-0.2, 0) is 10.3 Å². The number of carbonyl (C=O) groups is 1. The summed E-state index contributed by atoms with van der Waals surface area (Å²) in [6.45, 7) is 10.5. The van der Waals surface area contributed by atoms with Gasteiger partial charge >= 0.3 is 5.69 Å². The number of aromatic nitrogens is 3. The van der Waals surface area contributed by atoms with Crippen molar-refractivity contribution in [2.45, 2.75) is 33.2 Å². The fourth-order valence-corrected chi connectivity index (χ4v) is 3.72. The molecule has 1 aliphatic heterocycles. The van der Waals surface area contributed by atoms with Gasteiger partial charge in [-0.1, -0.05) is 6.07 Å². The highest BCUT2D eigenvalue weighted by atomic mass is 16.5. The van der Waals surface area contributed by atoms with Gasteiger partial charge in [0, 0.05) is 36.0 Å². The first-order chi connectivity index (χ1) is 14.2. The van der Waals surface area contributed by atoms with E-state index in [4.69, 9.17) is 4.74 Å². The Balaban J connectivity index is 1.68. The molecule has 0 spiro atoms. The Hall–Kier alpha value is -2.97. The van der Waals surface area contributed by atoms with Gasteiger partial charge in [0.2, 0.25) is 0 Å². The number of morpholine rings is 1. The van der Waals surface area contributed by atoms with Crippen LogP contribution in [0.1, 0.15) is 36.7 Å².